The first-order valence-corrected chi connectivity index (χ1v) is 6.76. The summed E-state index contributed by atoms with van der Waals surface area (Å²) in [6, 6.07) is 6.30. The maximum atomic E-state index is 12.0. The molecule has 0 atom stereocenters. The number of fused-ring (bicyclic) bond motifs is 1. The molecule has 1 aliphatic heterocycles. The van der Waals surface area contributed by atoms with Crippen LogP contribution >= 0.6 is 0 Å². The molecule has 3 rings (SSSR count). The van der Waals surface area contributed by atoms with Gasteiger partial charge in [-0.2, -0.15) is 0 Å². The quantitative estimate of drug-likeness (QED) is 0.584. The maximum Gasteiger partial charge on any atom is 0.344 e. The first-order valence-electron chi connectivity index (χ1n) is 6.76. The number of hydrogen-bond donors (Lipinski definition) is 0. The fraction of sp³-hybridized carbons (Fsp3) is 0.267. The number of ketones is 1. The molecule has 8 nitrogen and oxygen atoms in total. The van der Waals surface area contributed by atoms with E-state index in [0.717, 1.165) is 0 Å². The van der Waals surface area contributed by atoms with Crippen LogP contribution in [0.25, 0.3) is 0 Å². The molecule has 0 spiro atoms. The second-order valence-corrected chi connectivity index (χ2v) is 4.72. The minimum absolute atomic E-state index is 0.126. The summed E-state index contributed by atoms with van der Waals surface area (Å²) in [7, 11) is 0. The van der Waals surface area contributed by atoms with Gasteiger partial charge in [-0.1, -0.05) is 0 Å². The molecule has 1 aliphatic rings. The van der Waals surface area contributed by atoms with Crippen molar-refractivity contribution in [2.45, 2.75) is 6.92 Å². The number of esters is 1. The Morgan fingerprint density at radius 2 is 2.00 bits per heavy atom. The molecule has 120 valence electrons. The lowest BCUT2D eigenvalue weighted by atomic mass is 10.1. The lowest BCUT2D eigenvalue weighted by Crippen LogP contribution is -2.19. The average Bonchev–Trinajstić information content (AvgIpc) is 3.18. The molecule has 23 heavy (non-hydrogen) atoms. The highest BCUT2D eigenvalue weighted by Gasteiger charge is 2.17. The van der Waals surface area contributed by atoms with E-state index in [0.29, 0.717) is 22.8 Å². The van der Waals surface area contributed by atoms with Gasteiger partial charge in [0, 0.05) is 11.6 Å². The maximum absolute atomic E-state index is 12.0. The Morgan fingerprint density at radius 3 is 2.78 bits per heavy atom. The lowest BCUT2D eigenvalue weighted by molar-refractivity contribution is -0.144. The van der Waals surface area contributed by atoms with Gasteiger partial charge in [0.15, 0.2) is 30.5 Å². The molecular weight excluding hydrogens is 306 g/mol. The number of ether oxygens (including phenoxy) is 4. The number of hydrogen-bond acceptors (Lipinski definition) is 8. The average molecular weight is 319 g/mol. The van der Waals surface area contributed by atoms with Crippen LogP contribution in [0.2, 0.25) is 0 Å². The van der Waals surface area contributed by atoms with Crippen LogP contribution in [0.15, 0.2) is 28.8 Å². The zero-order valence-electron chi connectivity index (χ0n) is 12.2. The minimum atomic E-state index is -0.681. The molecule has 2 heterocycles. The van der Waals surface area contributed by atoms with Crippen LogP contribution in [0, 0.1) is 6.92 Å². The lowest BCUT2D eigenvalue weighted by Gasteiger charge is -2.05. The monoisotopic (exact) mass is 319 g/mol. The van der Waals surface area contributed by atoms with Gasteiger partial charge < -0.3 is 23.5 Å². The molecule has 2 aromatic rings. The van der Waals surface area contributed by atoms with E-state index in [1.165, 1.54) is 6.07 Å². The fourth-order valence-corrected chi connectivity index (χ4v) is 1.89. The van der Waals surface area contributed by atoms with Crippen LogP contribution < -0.4 is 14.2 Å². The number of carbonyl (C=O) groups excluding carboxylic acids is 2. The predicted octanol–water partition coefficient (Wildman–Crippen LogP) is 1.52. The Bertz CT molecular complexity index is 737. The van der Waals surface area contributed by atoms with Crippen molar-refractivity contribution in [2.75, 3.05) is 20.0 Å². The van der Waals surface area contributed by atoms with Gasteiger partial charge in [0.25, 0.3) is 5.88 Å². The predicted molar refractivity (Wildman–Crippen MR) is 74.6 cm³/mol. The van der Waals surface area contributed by atoms with Crippen LogP contribution in [-0.4, -0.2) is 36.9 Å². The summed E-state index contributed by atoms with van der Waals surface area (Å²) < 4.78 is 25.1. The van der Waals surface area contributed by atoms with Crippen LogP contribution in [0.4, 0.5) is 0 Å². The molecule has 8 heteroatoms. The third kappa shape index (κ3) is 3.60. The van der Waals surface area contributed by atoms with Crippen LogP contribution in [-0.2, 0) is 9.53 Å². The Hall–Kier alpha value is -3.03. The third-order valence-electron chi connectivity index (χ3n) is 3.00. The van der Waals surface area contributed by atoms with E-state index < -0.39 is 5.97 Å². The molecule has 0 unspecified atom stereocenters. The van der Waals surface area contributed by atoms with Gasteiger partial charge >= 0.3 is 5.97 Å². The smallest absolute Gasteiger partial charge is 0.344 e. The molecule has 1 aromatic carbocycles. The van der Waals surface area contributed by atoms with Crippen molar-refractivity contribution in [1.82, 2.24) is 5.16 Å². The first kappa shape index (κ1) is 14.9. The molecule has 1 aromatic heterocycles. The molecular formula is C15H13NO7. The van der Waals surface area contributed by atoms with Gasteiger partial charge in [-0.05, 0) is 30.3 Å². The van der Waals surface area contributed by atoms with E-state index in [1.807, 2.05) is 0 Å². The molecule has 0 aliphatic carbocycles. The minimum Gasteiger partial charge on any atom is -0.463 e. The van der Waals surface area contributed by atoms with Crippen LogP contribution in [0.5, 0.6) is 17.4 Å². The second kappa shape index (κ2) is 6.39. The SMILES string of the molecule is Cc1cc(OCC(=O)OCC(=O)c2ccc3c(c2)OCO3)no1. The first-order chi connectivity index (χ1) is 11.1. The van der Waals surface area contributed by atoms with Gasteiger partial charge in [0.05, 0.1) is 0 Å². The summed E-state index contributed by atoms with van der Waals surface area (Å²) in [6.07, 6.45) is 0. The number of rotatable bonds is 6. The molecule has 0 saturated carbocycles. The van der Waals surface area contributed by atoms with Crippen molar-refractivity contribution in [1.29, 1.82) is 0 Å². The van der Waals surface area contributed by atoms with E-state index in [1.54, 1.807) is 25.1 Å². The number of aryl methyl sites for hydroxylation is 1. The zero-order valence-corrected chi connectivity index (χ0v) is 12.2. The Kier molecular flexibility index (Phi) is 4.13. The molecule has 0 fully saturated rings. The number of benzene rings is 1. The topological polar surface area (TPSA) is 97.1 Å². The Balaban J connectivity index is 1.47. The van der Waals surface area contributed by atoms with E-state index in [9.17, 15) is 9.59 Å². The number of carbonyl (C=O) groups is 2. The van der Waals surface area contributed by atoms with Crippen molar-refractivity contribution in [3.63, 3.8) is 0 Å². The second-order valence-electron chi connectivity index (χ2n) is 4.72. The van der Waals surface area contributed by atoms with Gasteiger partial charge in [-0.3, -0.25) is 4.79 Å². The van der Waals surface area contributed by atoms with Gasteiger partial charge in [0.2, 0.25) is 6.79 Å². The summed E-state index contributed by atoms with van der Waals surface area (Å²) in [4.78, 5) is 23.5. The Morgan fingerprint density at radius 1 is 1.17 bits per heavy atom. The standard InChI is InChI=1S/C15H13NO7/c1-9-4-14(16-23-9)19-7-15(18)20-6-11(17)10-2-3-12-13(5-10)22-8-21-12/h2-5H,6-8H2,1H3. The summed E-state index contributed by atoms with van der Waals surface area (Å²) in [5.74, 6) is 0.781. The normalized spacial score (nSPS) is 12.0. The van der Waals surface area contributed by atoms with Crippen molar-refractivity contribution < 1.29 is 33.1 Å². The fourth-order valence-electron chi connectivity index (χ4n) is 1.89. The van der Waals surface area contributed by atoms with E-state index >= 15 is 0 Å². The number of Topliss-reactive ketones (excluding diaryl/α,β-unsaturated/α-hetero) is 1. The summed E-state index contributed by atoms with van der Waals surface area (Å²) >= 11 is 0. The highest BCUT2D eigenvalue weighted by molar-refractivity contribution is 5.98. The van der Waals surface area contributed by atoms with Crippen molar-refractivity contribution >= 4 is 11.8 Å². The highest BCUT2D eigenvalue weighted by Crippen LogP contribution is 2.32. The largest absolute Gasteiger partial charge is 0.463 e. The molecule has 0 N–H and O–H groups in total. The van der Waals surface area contributed by atoms with Gasteiger partial charge in [-0.25, -0.2) is 4.79 Å². The van der Waals surface area contributed by atoms with Gasteiger partial charge in [0.1, 0.15) is 5.76 Å². The van der Waals surface area contributed by atoms with Crippen LogP contribution in [0.3, 0.4) is 0 Å². The van der Waals surface area contributed by atoms with Crippen molar-refractivity contribution in [2.24, 2.45) is 0 Å². The number of aromatic nitrogens is 1. The molecule has 0 amide bonds. The highest BCUT2D eigenvalue weighted by atomic mass is 16.7. The Labute approximate surface area is 130 Å². The van der Waals surface area contributed by atoms with Crippen LogP contribution in [0.1, 0.15) is 16.1 Å². The van der Waals surface area contributed by atoms with Crippen molar-refractivity contribution in [3.05, 3.63) is 35.6 Å². The molecule has 0 radical (unpaired) electrons. The van der Waals surface area contributed by atoms with E-state index in [2.05, 4.69) is 5.16 Å². The summed E-state index contributed by atoms with van der Waals surface area (Å²) in [5.41, 5.74) is 0.370. The van der Waals surface area contributed by atoms with Gasteiger partial charge in [-0.15, -0.1) is 0 Å². The van der Waals surface area contributed by atoms with E-state index in [4.69, 9.17) is 23.5 Å². The van der Waals surface area contributed by atoms with Crippen molar-refractivity contribution in [3.8, 4) is 17.4 Å². The number of nitrogens with zero attached hydrogens (tertiary/aromatic N) is 1. The summed E-state index contributed by atoms with van der Waals surface area (Å²) in [6.45, 7) is 1.07. The third-order valence-corrected chi connectivity index (χ3v) is 3.00. The molecule has 0 saturated heterocycles. The zero-order chi connectivity index (χ0) is 16.2. The van der Waals surface area contributed by atoms with E-state index in [-0.39, 0.29) is 31.7 Å². The summed E-state index contributed by atoms with van der Waals surface area (Å²) in [5, 5.41) is 3.57. The molecule has 0 bridgehead atoms.